The number of amides is 1. The number of likely N-dealkylation sites (tertiary alicyclic amines) is 1. The zero-order valence-corrected chi connectivity index (χ0v) is 17.2. The maximum atomic E-state index is 12.5. The number of nitrogens with zero attached hydrogens (tertiary/aromatic N) is 4. The Morgan fingerprint density at radius 3 is 2.29 bits per heavy atom. The smallest absolute Gasteiger partial charge is 0.425 e. The van der Waals surface area contributed by atoms with Crippen molar-refractivity contribution in [2.24, 2.45) is 0 Å². The minimum absolute atomic E-state index is 0.0447. The summed E-state index contributed by atoms with van der Waals surface area (Å²) >= 11 is 0. The molecule has 1 aromatic heterocycles. The van der Waals surface area contributed by atoms with Crippen molar-refractivity contribution in [1.29, 1.82) is 5.26 Å². The van der Waals surface area contributed by atoms with E-state index in [0.717, 1.165) is 32.6 Å². The molecular weight excluding hydrogens is 417 g/mol. The van der Waals surface area contributed by atoms with Gasteiger partial charge in [0.15, 0.2) is 6.10 Å². The molecule has 2 heterocycles. The van der Waals surface area contributed by atoms with Gasteiger partial charge in [0.05, 0.1) is 12.2 Å². The quantitative estimate of drug-likeness (QED) is 0.687. The summed E-state index contributed by atoms with van der Waals surface area (Å²) in [6.45, 7) is 1.42. The Morgan fingerprint density at radius 2 is 1.68 bits per heavy atom. The average Bonchev–Trinajstić information content (AvgIpc) is 2.75. The zero-order chi connectivity index (χ0) is 22.4. The summed E-state index contributed by atoms with van der Waals surface area (Å²) in [6, 6.07) is 1.96. The third-order valence-electron chi connectivity index (χ3n) is 5.49. The number of halogens is 3. The summed E-state index contributed by atoms with van der Waals surface area (Å²) in [5.74, 6) is 0.244. The van der Waals surface area contributed by atoms with Crippen molar-refractivity contribution < 1.29 is 32.2 Å². The number of hydrogen-bond donors (Lipinski definition) is 0. The number of hydrogen-bond acceptors (Lipinski definition) is 7. The van der Waals surface area contributed by atoms with E-state index in [1.165, 1.54) is 17.3 Å². The normalized spacial score (nSPS) is 23.6. The van der Waals surface area contributed by atoms with Crippen LogP contribution in [0.5, 0.6) is 5.88 Å². The fraction of sp³-hybridized carbons (Fsp3) is 0.700. The van der Waals surface area contributed by atoms with Gasteiger partial charge in [-0.05, 0) is 45.4 Å². The highest BCUT2D eigenvalue weighted by atomic mass is 19.4. The maximum absolute atomic E-state index is 12.5. The molecule has 31 heavy (non-hydrogen) atoms. The minimum Gasteiger partial charge on any atom is -0.472 e. The van der Waals surface area contributed by atoms with Crippen molar-refractivity contribution in [3.05, 3.63) is 18.1 Å². The molecule has 170 valence electrons. The van der Waals surface area contributed by atoms with Gasteiger partial charge in [0, 0.05) is 25.5 Å². The van der Waals surface area contributed by atoms with Crippen LogP contribution < -0.4 is 4.74 Å². The van der Waals surface area contributed by atoms with Crippen LogP contribution in [-0.4, -0.2) is 64.6 Å². The highest BCUT2D eigenvalue weighted by molar-refractivity contribution is 5.68. The number of piperidine rings is 1. The maximum Gasteiger partial charge on any atom is 0.425 e. The molecule has 1 saturated heterocycles. The first kappa shape index (κ1) is 23.1. The highest BCUT2D eigenvalue weighted by Crippen LogP contribution is 2.28. The molecule has 0 bridgehead atoms. The summed E-state index contributed by atoms with van der Waals surface area (Å²) < 4.78 is 54.1. The van der Waals surface area contributed by atoms with Crippen molar-refractivity contribution in [1.82, 2.24) is 14.9 Å². The molecule has 1 aliphatic heterocycles. The molecule has 1 saturated carbocycles. The zero-order valence-electron chi connectivity index (χ0n) is 17.2. The lowest BCUT2D eigenvalue weighted by Gasteiger charge is -2.36. The number of carbonyl (C=O) groups excluding carboxylic acids is 1. The van der Waals surface area contributed by atoms with Gasteiger partial charge in [-0.3, -0.25) is 0 Å². The second-order valence-corrected chi connectivity index (χ2v) is 7.73. The van der Waals surface area contributed by atoms with Gasteiger partial charge in [-0.2, -0.15) is 18.4 Å². The summed E-state index contributed by atoms with van der Waals surface area (Å²) in [5, 5.41) is 9.07. The lowest BCUT2D eigenvalue weighted by Crippen LogP contribution is -2.44. The standard InChI is InChI=1S/C20H25F3N4O4/c1-13(20(21,22)23)29-19(28)27-10-6-16(7-11-27)30-14-2-4-15(5-3-14)31-18-17(12-24)25-8-9-26-18/h8-9,13-16H,2-7,10-11H2,1H3/t13-,14-,15-/m0/s1. The summed E-state index contributed by atoms with van der Waals surface area (Å²) in [4.78, 5) is 21.2. The first-order valence-electron chi connectivity index (χ1n) is 10.3. The van der Waals surface area contributed by atoms with E-state index >= 15 is 0 Å². The Hall–Kier alpha value is -2.61. The van der Waals surface area contributed by atoms with Crippen LogP contribution in [0.4, 0.5) is 18.0 Å². The van der Waals surface area contributed by atoms with Gasteiger partial charge in [0.25, 0.3) is 5.88 Å². The molecule has 0 aromatic carbocycles. The van der Waals surface area contributed by atoms with Gasteiger partial charge < -0.3 is 19.1 Å². The number of nitriles is 1. The van der Waals surface area contributed by atoms with E-state index in [0.29, 0.717) is 25.9 Å². The Morgan fingerprint density at radius 1 is 1.10 bits per heavy atom. The highest BCUT2D eigenvalue weighted by Gasteiger charge is 2.40. The third-order valence-corrected chi connectivity index (χ3v) is 5.49. The van der Waals surface area contributed by atoms with Gasteiger partial charge in [0.2, 0.25) is 5.69 Å². The van der Waals surface area contributed by atoms with E-state index in [-0.39, 0.29) is 29.9 Å². The summed E-state index contributed by atoms with van der Waals surface area (Å²) in [6.07, 6.45) is -0.556. The van der Waals surface area contributed by atoms with Crippen LogP contribution in [0.2, 0.25) is 0 Å². The Labute approximate surface area is 178 Å². The molecular formula is C20H25F3N4O4. The minimum atomic E-state index is -4.57. The predicted molar refractivity (Wildman–Crippen MR) is 101 cm³/mol. The predicted octanol–water partition coefficient (Wildman–Crippen LogP) is 3.61. The topological polar surface area (TPSA) is 97.6 Å². The van der Waals surface area contributed by atoms with Gasteiger partial charge in [0.1, 0.15) is 12.2 Å². The summed E-state index contributed by atoms with van der Waals surface area (Å²) in [5.41, 5.74) is 0.163. The van der Waals surface area contributed by atoms with Crippen LogP contribution in [0.1, 0.15) is 51.1 Å². The van der Waals surface area contributed by atoms with Crippen LogP contribution >= 0.6 is 0 Å². The number of ether oxygens (including phenoxy) is 3. The fourth-order valence-corrected chi connectivity index (χ4v) is 3.67. The first-order chi connectivity index (χ1) is 14.8. The van der Waals surface area contributed by atoms with Gasteiger partial charge in [-0.25, -0.2) is 14.8 Å². The van der Waals surface area contributed by atoms with E-state index in [1.54, 1.807) is 0 Å². The van der Waals surface area contributed by atoms with Crippen molar-refractivity contribution >= 4 is 6.09 Å². The molecule has 0 N–H and O–H groups in total. The number of carbonyl (C=O) groups is 1. The van der Waals surface area contributed by atoms with Crippen LogP contribution in [0, 0.1) is 11.3 Å². The average molecular weight is 442 g/mol. The van der Waals surface area contributed by atoms with Crippen LogP contribution in [-0.2, 0) is 9.47 Å². The monoisotopic (exact) mass is 442 g/mol. The molecule has 1 amide bonds. The SMILES string of the molecule is C[C@H](OC(=O)N1CCC(O[C@H]2CC[C@H](Oc3nccnc3C#N)CC2)CC1)C(F)(F)F. The Balaban J connectivity index is 1.37. The Kier molecular flexibility index (Phi) is 7.54. The molecule has 3 rings (SSSR count). The van der Waals surface area contributed by atoms with Crippen molar-refractivity contribution in [2.75, 3.05) is 13.1 Å². The van der Waals surface area contributed by atoms with Crippen LogP contribution in [0.25, 0.3) is 0 Å². The number of alkyl halides is 3. The molecule has 1 atom stereocenters. The van der Waals surface area contributed by atoms with Gasteiger partial charge >= 0.3 is 12.3 Å². The molecule has 11 heteroatoms. The largest absolute Gasteiger partial charge is 0.472 e. The molecule has 2 aliphatic rings. The molecule has 2 fully saturated rings. The van der Waals surface area contributed by atoms with E-state index in [1.807, 2.05) is 6.07 Å². The first-order valence-corrected chi connectivity index (χ1v) is 10.3. The van der Waals surface area contributed by atoms with Crippen molar-refractivity contribution in [3.8, 4) is 11.9 Å². The molecule has 8 nitrogen and oxygen atoms in total. The fourth-order valence-electron chi connectivity index (χ4n) is 3.67. The number of aromatic nitrogens is 2. The van der Waals surface area contributed by atoms with E-state index in [2.05, 4.69) is 14.7 Å². The molecule has 0 radical (unpaired) electrons. The number of rotatable bonds is 5. The van der Waals surface area contributed by atoms with Crippen LogP contribution in [0.3, 0.4) is 0 Å². The van der Waals surface area contributed by atoms with E-state index < -0.39 is 18.4 Å². The van der Waals surface area contributed by atoms with Crippen LogP contribution in [0.15, 0.2) is 12.4 Å². The molecule has 1 aliphatic carbocycles. The molecule has 1 aromatic rings. The van der Waals surface area contributed by atoms with E-state index in [9.17, 15) is 18.0 Å². The van der Waals surface area contributed by atoms with Crippen molar-refractivity contribution in [2.45, 2.75) is 76.0 Å². The van der Waals surface area contributed by atoms with E-state index in [4.69, 9.17) is 14.7 Å². The third kappa shape index (κ3) is 6.43. The van der Waals surface area contributed by atoms with Gasteiger partial charge in [-0.15, -0.1) is 0 Å². The van der Waals surface area contributed by atoms with Gasteiger partial charge in [-0.1, -0.05) is 0 Å². The molecule has 0 spiro atoms. The lowest BCUT2D eigenvalue weighted by molar-refractivity contribution is -0.200. The second kappa shape index (κ2) is 10.1. The van der Waals surface area contributed by atoms with Crippen molar-refractivity contribution in [3.63, 3.8) is 0 Å². The molecule has 0 unspecified atom stereocenters. The lowest BCUT2D eigenvalue weighted by atomic mass is 9.94. The Bertz CT molecular complexity index is 785. The summed E-state index contributed by atoms with van der Waals surface area (Å²) in [7, 11) is 0. The second-order valence-electron chi connectivity index (χ2n) is 7.73.